The second kappa shape index (κ2) is 5.29. The van der Waals surface area contributed by atoms with Crippen LogP contribution >= 0.6 is 0 Å². The molecule has 2 aromatic carbocycles. The first-order valence-electron chi connectivity index (χ1n) is 6.65. The van der Waals surface area contributed by atoms with Gasteiger partial charge in [-0.2, -0.15) is 0 Å². The van der Waals surface area contributed by atoms with E-state index in [2.05, 4.69) is 65.6 Å². The van der Waals surface area contributed by atoms with Gasteiger partial charge in [0.05, 0.1) is 6.04 Å². The molecule has 0 bridgehead atoms. The Morgan fingerprint density at radius 3 is 2.21 bits per heavy atom. The van der Waals surface area contributed by atoms with Crippen molar-refractivity contribution in [1.82, 2.24) is 0 Å². The third-order valence-electron chi connectivity index (χ3n) is 3.58. The van der Waals surface area contributed by atoms with Crippen LogP contribution in [0.15, 0.2) is 66.7 Å². The van der Waals surface area contributed by atoms with Crippen molar-refractivity contribution < 1.29 is 0 Å². The quantitative estimate of drug-likeness (QED) is 0.907. The van der Waals surface area contributed by atoms with Crippen LogP contribution in [0.2, 0.25) is 0 Å². The molecular formula is C17H18N2. The van der Waals surface area contributed by atoms with Gasteiger partial charge in [0.1, 0.15) is 0 Å². The molecule has 2 nitrogen and oxygen atoms in total. The standard InChI is InChI=1S/C17H18N2/c18-16-13-19(15-9-5-2-6-10-15)17(16)12-11-14-7-3-1-4-8-14/h1-12,16-17H,13,18H2/b12-11+/t16-,17+/m0/s1. The predicted molar refractivity (Wildman–Crippen MR) is 81.0 cm³/mol. The fourth-order valence-electron chi connectivity index (χ4n) is 2.47. The molecule has 19 heavy (non-hydrogen) atoms. The molecule has 2 aromatic rings. The molecule has 0 saturated carbocycles. The Bertz CT molecular complexity index is 548. The van der Waals surface area contributed by atoms with E-state index in [9.17, 15) is 0 Å². The number of anilines is 1. The van der Waals surface area contributed by atoms with Gasteiger partial charge in [-0.1, -0.05) is 60.7 Å². The number of rotatable bonds is 3. The first-order valence-corrected chi connectivity index (χ1v) is 6.65. The maximum absolute atomic E-state index is 6.12. The number of hydrogen-bond donors (Lipinski definition) is 1. The lowest BCUT2D eigenvalue weighted by atomic mass is 9.95. The van der Waals surface area contributed by atoms with Gasteiger partial charge in [-0.05, 0) is 17.7 Å². The topological polar surface area (TPSA) is 29.3 Å². The van der Waals surface area contributed by atoms with Crippen LogP contribution in [0.1, 0.15) is 5.56 Å². The van der Waals surface area contributed by atoms with Gasteiger partial charge in [0.15, 0.2) is 0 Å². The van der Waals surface area contributed by atoms with Crippen LogP contribution in [0.25, 0.3) is 6.08 Å². The number of benzene rings is 2. The van der Waals surface area contributed by atoms with Crippen LogP contribution in [0.4, 0.5) is 5.69 Å². The lowest BCUT2D eigenvalue weighted by Crippen LogP contribution is -2.63. The third-order valence-corrected chi connectivity index (χ3v) is 3.58. The van der Waals surface area contributed by atoms with Crippen molar-refractivity contribution >= 4 is 11.8 Å². The summed E-state index contributed by atoms with van der Waals surface area (Å²) in [6.45, 7) is 0.924. The Hall–Kier alpha value is -2.06. The number of para-hydroxylation sites is 1. The summed E-state index contributed by atoms with van der Waals surface area (Å²) in [5, 5.41) is 0. The minimum absolute atomic E-state index is 0.222. The fourth-order valence-corrected chi connectivity index (χ4v) is 2.47. The van der Waals surface area contributed by atoms with Gasteiger partial charge >= 0.3 is 0 Å². The summed E-state index contributed by atoms with van der Waals surface area (Å²) >= 11 is 0. The molecule has 96 valence electrons. The highest BCUT2D eigenvalue weighted by atomic mass is 15.3. The van der Waals surface area contributed by atoms with Gasteiger partial charge in [0.2, 0.25) is 0 Å². The zero-order valence-electron chi connectivity index (χ0n) is 10.8. The summed E-state index contributed by atoms with van der Waals surface area (Å²) in [7, 11) is 0. The van der Waals surface area contributed by atoms with Crippen LogP contribution in [0.5, 0.6) is 0 Å². The summed E-state index contributed by atoms with van der Waals surface area (Å²) in [5.41, 5.74) is 8.58. The summed E-state index contributed by atoms with van der Waals surface area (Å²) in [4.78, 5) is 2.34. The van der Waals surface area contributed by atoms with Gasteiger partial charge in [0.25, 0.3) is 0 Å². The van der Waals surface area contributed by atoms with Crippen molar-refractivity contribution in [2.75, 3.05) is 11.4 Å². The highest BCUT2D eigenvalue weighted by molar-refractivity contribution is 5.57. The molecule has 1 fully saturated rings. The second-order valence-corrected chi connectivity index (χ2v) is 4.91. The highest BCUT2D eigenvalue weighted by Crippen LogP contribution is 2.26. The van der Waals surface area contributed by atoms with E-state index >= 15 is 0 Å². The van der Waals surface area contributed by atoms with E-state index in [1.807, 2.05) is 12.1 Å². The summed E-state index contributed by atoms with van der Waals surface area (Å²) < 4.78 is 0. The molecule has 2 atom stereocenters. The lowest BCUT2D eigenvalue weighted by molar-refractivity contribution is 0.440. The molecule has 0 aliphatic carbocycles. The van der Waals surface area contributed by atoms with Crippen LogP contribution in [-0.2, 0) is 0 Å². The summed E-state index contributed by atoms with van der Waals surface area (Å²) in [5.74, 6) is 0. The van der Waals surface area contributed by atoms with Crippen molar-refractivity contribution in [1.29, 1.82) is 0 Å². The Balaban J connectivity index is 1.75. The Morgan fingerprint density at radius 1 is 0.947 bits per heavy atom. The predicted octanol–water partition coefficient (Wildman–Crippen LogP) is 2.92. The van der Waals surface area contributed by atoms with E-state index in [0.29, 0.717) is 6.04 Å². The Labute approximate surface area is 114 Å². The number of nitrogens with zero attached hydrogens (tertiary/aromatic N) is 1. The molecule has 0 amide bonds. The fraction of sp³-hybridized carbons (Fsp3) is 0.176. The largest absolute Gasteiger partial charge is 0.362 e. The van der Waals surface area contributed by atoms with E-state index in [1.54, 1.807) is 0 Å². The molecule has 1 heterocycles. The zero-order chi connectivity index (χ0) is 13.1. The SMILES string of the molecule is N[C@H]1CN(c2ccccc2)[C@@H]1/C=C/c1ccccc1. The molecule has 0 unspecified atom stereocenters. The minimum atomic E-state index is 0.222. The molecule has 2 heteroatoms. The molecule has 0 aromatic heterocycles. The van der Waals surface area contributed by atoms with E-state index in [1.165, 1.54) is 11.3 Å². The molecule has 0 radical (unpaired) electrons. The normalized spacial score (nSPS) is 22.5. The van der Waals surface area contributed by atoms with E-state index in [-0.39, 0.29) is 6.04 Å². The maximum atomic E-state index is 6.12. The molecule has 1 aliphatic heterocycles. The van der Waals surface area contributed by atoms with Crippen LogP contribution in [0.3, 0.4) is 0 Å². The van der Waals surface area contributed by atoms with Gasteiger partial charge in [-0.3, -0.25) is 0 Å². The Morgan fingerprint density at radius 2 is 1.58 bits per heavy atom. The van der Waals surface area contributed by atoms with Crippen molar-refractivity contribution in [2.24, 2.45) is 5.73 Å². The van der Waals surface area contributed by atoms with Crippen molar-refractivity contribution in [3.8, 4) is 0 Å². The van der Waals surface area contributed by atoms with E-state index in [4.69, 9.17) is 5.73 Å². The lowest BCUT2D eigenvalue weighted by Gasteiger charge is -2.46. The highest BCUT2D eigenvalue weighted by Gasteiger charge is 2.34. The minimum Gasteiger partial charge on any atom is -0.362 e. The smallest absolute Gasteiger partial charge is 0.0645 e. The maximum Gasteiger partial charge on any atom is 0.0645 e. The van der Waals surface area contributed by atoms with Gasteiger partial charge in [0, 0.05) is 18.3 Å². The van der Waals surface area contributed by atoms with E-state index in [0.717, 1.165) is 6.54 Å². The molecule has 0 spiro atoms. The van der Waals surface area contributed by atoms with Crippen LogP contribution < -0.4 is 10.6 Å². The molecule has 1 saturated heterocycles. The molecular weight excluding hydrogens is 232 g/mol. The third kappa shape index (κ3) is 2.54. The van der Waals surface area contributed by atoms with Crippen molar-refractivity contribution in [3.63, 3.8) is 0 Å². The van der Waals surface area contributed by atoms with Crippen molar-refractivity contribution in [3.05, 3.63) is 72.3 Å². The average Bonchev–Trinajstić information content (AvgIpc) is 2.47. The van der Waals surface area contributed by atoms with Gasteiger partial charge < -0.3 is 10.6 Å². The molecule has 3 rings (SSSR count). The number of hydrogen-bond acceptors (Lipinski definition) is 2. The van der Waals surface area contributed by atoms with Crippen LogP contribution in [-0.4, -0.2) is 18.6 Å². The monoisotopic (exact) mass is 250 g/mol. The first-order chi connectivity index (χ1) is 9.34. The summed E-state index contributed by atoms with van der Waals surface area (Å²) in [6, 6.07) is 21.3. The zero-order valence-corrected chi connectivity index (χ0v) is 10.8. The number of nitrogens with two attached hydrogens (primary N) is 1. The molecule has 2 N–H and O–H groups in total. The Kier molecular flexibility index (Phi) is 3.34. The van der Waals surface area contributed by atoms with Gasteiger partial charge in [-0.15, -0.1) is 0 Å². The van der Waals surface area contributed by atoms with Gasteiger partial charge in [-0.25, -0.2) is 0 Å². The summed E-state index contributed by atoms with van der Waals surface area (Å²) in [6.07, 6.45) is 4.36. The second-order valence-electron chi connectivity index (χ2n) is 4.91. The first kappa shape index (κ1) is 12.0. The molecule has 1 aliphatic rings. The van der Waals surface area contributed by atoms with Crippen LogP contribution in [0, 0.1) is 0 Å². The average molecular weight is 250 g/mol. The van der Waals surface area contributed by atoms with E-state index < -0.39 is 0 Å². The van der Waals surface area contributed by atoms with Crippen molar-refractivity contribution in [2.45, 2.75) is 12.1 Å².